The van der Waals surface area contributed by atoms with Gasteiger partial charge in [0, 0.05) is 32.0 Å². The van der Waals surface area contributed by atoms with E-state index in [1.165, 1.54) is 4.90 Å². The van der Waals surface area contributed by atoms with Crippen LogP contribution in [0.3, 0.4) is 0 Å². The van der Waals surface area contributed by atoms with Crippen LogP contribution in [0.5, 0.6) is 0 Å². The number of hydrogen-bond donors (Lipinski definition) is 2. The molecular formula is C14H23N3O5. The summed E-state index contributed by atoms with van der Waals surface area (Å²) in [5.41, 5.74) is -0.602. The van der Waals surface area contributed by atoms with Gasteiger partial charge < -0.3 is 15.3 Å². The largest absolute Gasteiger partial charge is 0.481 e. The summed E-state index contributed by atoms with van der Waals surface area (Å²) in [4.78, 5) is 48.1. The summed E-state index contributed by atoms with van der Waals surface area (Å²) in [5.74, 6) is -1.38. The number of likely N-dealkylation sites (N-methyl/N-ethyl adjacent to an activating group) is 1. The van der Waals surface area contributed by atoms with Gasteiger partial charge in [0.25, 0.3) is 0 Å². The Bertz CT molecular complexity index is 475. The van der Waals surface area contributed by atoms with Crippen LogP contribution in [0.4, 0.5) is 4.79 Å². The Morgan fingerprint density at radius 1 is 1.27 bits per heavy atom. The summed E-state index contributed by atoms with van der Waals surface area (Å²) in [6.07, 6.45) is 0.877. The minimum absolute atomic E-state index is 0.0175. The standard InChI is InChI=1S/C14H23N3O5/c1-14(2,7-6-12(20)21)15-10(18)5-4-8-17-11(19)9-16(3)13(17)22/h4-9H2,1-3H3,(H,15,18)(H,20,21). The molecule has 0 aromatic heterocycles. The smallest absolute Gasteiger partial charge is 0.326 e. The summed E-state index contributed by atoms with van der Waals surface area (Å²) in [7, 11) is 1.55. The summed E-state index contributed by atoms with van der Waals surface area (Å²) in [6.45, 7) is 3.81. The lowest BCUT2D eigenvalue weighted by molar-refractivity contribution is -0.137. The lowest BCUT2D eigenvalue weighted by atomic mass is 9.98. The molecule has 0 atom stereocenters. The number of rotatable bonds is 8. The van der Waals surface area contributed by atoms with Crippen molar-refractivity contribution < 1.29 is 24.3 Å². The fourth-order valence-electron chi connectivity index (χ4n) is 2.21. The third-order valence-corrected chi connectivity index (χ3v) is 3.46. The predicted molar refractivity (Wildman–Crippen MR) is 78.1 cm³/mol. The second-order valence-electron chi connectivity index (χ2n) is 6.11. The highest BCUT2D eigenvalue weighted by Gasteiger charge is 2.33. The van der Waals surface area contributed by atoms with Crippen LogP contribution in [0.1, 0.15) is 39.5 Å². The Morgan fingerprint density at radius 3 is 2.41 bits per heavy atom. The molecule has 0 unspecified atom stereocenters. The van der Waals surface area contributed by atoms with E-state index in [4.69, 9.17) is 5.11 Å². The number of hydrogen-bond acceptors (Lipinski definition) is 4. The van der Waals surface area contributed by atoms with Gasteiger partial charge in [-0.3, -0.25) is 19.3 Å². The first-order chi connectivity index (χ1) is 10.1. The second-order valence-corrected chi connectivity index (χ2v) is 6.11. The number of amides is 4. The molecule has 0 spiro atoms. The molecule has 4 amide bonds. The van der Waals surface area contributed by atoms with Gasteiger partial charge in [-0.1, -0.05) is 0 Å². The monoisotopic (exact) mass is 313 g/mol. The maximum absolute atomic E-state index is 11.8. The molecule has 1 aliphatic heterocycles. The molecular weight excluding hydrogens is 290 g/mol. The number of nitrogens with zero attached hydrogens (tertiary/aromatic N) is 2. The number of aliphatic carboxylic acids is 1. The van der Waals surface area contributed by atoms with Gasteiger partial charge in [0.05, 0.1) is 0 Å². The third kappa shape index (κ3) is 5.34. The Labute approximate surface area is 129 Å². The van der Waals surface area contributed by atoms with E-state index >= 15 is 0 Å². The normalized spacial score (nSPS) is 15.4. The average Bonchev–Trinajstić information content (AvgIpc) is 2.62. The highest BCUT2D eigenvalue weighted by molar-refractivity contribution is 6.01. The third-order valence-electron chi connectivity index (χ3n) is 3.46. The Kier molecular flexibility index (Phi) is 5.90. The van der Waals surface area contributed by atoms with E-state index in [2.05, 4.69) is 5.32 Å². The van der Waals surface area contributed by atoms with Crippen molar-refractivity contribution in [2.75, 3.05) is 20.1 Å². The number of carbonyl (C=O) groups excluding carboxylic acids is 3. The predicted octanol–water partition coefficient (Wildman–Crippen LogP) is 0.420. The first-order valence-electron chi connectivity index (χ1n) is 7.20. The zero-order valence-electron chi connectivity index (χ0n) is 13.2. The minimum Gasteiger partial charge on any atom is -0.481 e. The van der Waals surface area contributed by atoms with Crippen molar-refractivity contribution in [3.63, 3.8) is 0 Å². The Hall–Kier alpha value is -2.12. The molecule has 0 aliphatic carbocycles. The molecule has 0 aromatic carbocycles. The number of carbonyl (C=O) groups is 4. The average molecular weight is 313 g/mol. The van der Waals surface area contributed by atoms with Gasteiger partial charge in [-0.05, 0) is 26.7 Å². The second kappa shape index (κ2) is 7.24. The molecule has 8 heteroatoms. The fraction of sp³-hybridized carbons (Fsp3) is 0.714. The van der Waals surface area contributed by atoms with Crippen molar-refractivity contribution in [1.29, 1.82) is 0 Å². The van der Waals surface area contributed by atoms with E-state index in [1.54, 1.807) is 20.9 Å². The van der Waals surface area contributed by atoms with Crippen LogP contribution < -0.4 is 5.32 Å². The number of nitrogens with one attached hydrogen (secondary N) is 1. The van der Waals surface area contributed by atoms with E-state index < -0.39 is 11.5 Å². The van der Waals surface area contributed by atoms with Crippen molar-refractivity contribution in [2.45, 2.75) is 45.1 Å². The molecule has 22 heavy (non-hydrogen) atoms. The lowest BCUT2D eigenvalue weighted by Crippen LogP contribution is -2.44. The molecule has 0 saturated carbocycles. The fourth-order valence-corrected chi connectivity index (χ4v) is 2.21. The van der Waals surface area contributed by atoms with Crippen molar-refractivity contribution in [3.8, 4) is 0 Å². The van der Waals surface area contributed by atoms with Crippen molar-refractivity contribution in [3.05, 3.63) is 0 Å². The van der Waals surface area contributed by atoms with Gasteiger partial charge in [-0.25, -0.2) is 4.79 Å². The van der Waals surface area contributed by atoms with Crippen LogP contribution in [-0.2, 0) is 14.4 Å². The zero-order chi connectivity index (χ0) is 16.9. The van der Waals surface area contributed by atoms with Crippen molar-refractivity contribution >= 4 is 23.8 Å². The zero-order valence-corrected chi connectivity index (χ0v) is 13.2. The molecule has 2 N–H and O–H groups in total. The van der Waals surface area contributed by atoms with E-state index in [0.717, 1.165) is 4.90 Å². The first kappa shape index (κ1) is 17.9. The summed E-state index contributed by atoms with van der Waals surface area (Å²) in [6, 6.07) is -0.341. The van der Waals surface area contributed by atoms with Crippen LogP contribution in [0.2, 0.25) is 0 Å². The number of carboxylic acids is 1. The Balaban J connectivity index is 2.33. The molecule has 8 nitrogen and oxygen atoms in total. The molecule has 1 aliphatic rings. The van der Waals surface area contributed by atoms with E-state index in [9.17, 15) is 19.2 Å². The molecule has 1 heterocycles. The quantitative estimate of drug-likeness (QED) is 0.632. The van der Waals surface area contributed by atoms with E-state index in [0.29, 0.717) is 12.8 Å². The van der Waals surface area contributed by atoms with Crippen LogP contribution in [0.25, 0.3) is 0 Å². The van der Waals surface area contributed by atoms with Crippen LogP contribution in [0.15, 0.2) is 0 Å². The van der Waals surface area contributed by atoms with E-state index in [-0.39, 0.29) is 43.8 Å². The van der Waals surface area contributed by atoms with Crippen molar-refractivity contribution in [2.24, 2.45) is 0 Å². The maximum Gasteiger partial charge on any atom is 0.326 e. The van der Waals surface area contributed by atoms with Gasteiger partial charge in [-0.2, -0.15) is 0 Å². The summed E-state index contributed by atoms with van der Waals surface area (Å²) in [5, 5.41) is 11.4. The van der Waals surface area contributed by atoms with Gasteiger partial charge >= 0.3 is 12.0 Å². The molecule has 0 aromatic rings. The minimum atomic E-state index is -0.905. The topological polar surface area (TPSA) is 107 Å². The number of urea groups is 1. The van der Waals surface area contributed by atoms with Crippen LogP contribution >= 0.6 is 0 Å². The SMILES string of the molecule is CN1CC(=O)N(CCCC(=O)NC(C)(C)CCC(=O)O)C1=O. The molecule has 1 saturated heterocycles. The van der Waals surface area contributed by atoms with Gasteiger partial charge in [0.2, 0.25) is 11.8 Å². The highest BCUT2D eigenvalue weighted by Crippen LogP contribution is 2.13. The van der Waals surface area contributed by atoms with Crippen LogP contribution in [0, 0.1) is 0 Å². The molecule has 1 rings (SSSR count). The number of carboxylic acid groups (broad SMARTS) is 1. The maximum atomic E-state index is 11.8. The van der Waals surface area contributed by atoms with Gasteiger partial charge in [0.15, 0.2) is 0 Å². The van der Waals surface area contributed by atoms with E-state index in [1.807, 2.05) is 0 Å². The molecule has 124 valence electrons. The first-order valence-corrected chi connectivity index (χ1v) is 7.20. The summed E-state index contributed by atoms with van der Waals surface area (Å²) < 4.78 is 0. The van der Waals surface area contributed by atoms with Gasteiger partial charge in [-0.15, -0.1) is 0 Å². The number of imide groups is 1. The molecule has 0 radical (unpaired) electrons. The van der Waals surface area contributed by atoms with Crippen molar-refractivity contribution in [1.82, 2.24) is 15.1 Å². The van der Waals surface area contributed by atoms with Crippen LogP contribution in [-0.4, -0.2) is 64.4 Å². The summed E-state index contributed by atoms with van der Waals surface area (Å²) >= 11 is 0. The van der Waals surface area contributed by atoms with Gasteiger partial charge in [0.1, 0.15) is 6.54 Å². The molecule has 0 bridgehead atoms. The lowest BCUT2D eigenvalue weighted by Gasteiger charge is -2.25. The highest BCUT2D eigenvalue weighted by atomic mass is 16.4. The molecule has 1 fully saturated rings. The Morgan fingerprint density at radius 2 is 1.91 bits per heavy atom.